The normalized spacial score (nSPS) is 21.1. The van der Waals surface area contributed by atoms with Crippen LogP contribution in [0.2, 0.25) is 0 Å². The maximum Gasteiger partial charge on any atom is 0.387 e. The van der Waals surface area contributed by atoms with Crippen molar-refractivity contribution >= 4 is 18.3 Å². The zero-order valence-corrected chi connectivity index (χ0v) is 15.4. The van der Waals surface area contributed by atoms with Gasteiger partial charge in [0.05, 0.1) is 0 Å². The largest absolute Gasteiger partial charge is 0.435 e. The van der Waals surface area contributed by atoms with Crippen molar-refractivity contribution in [3.63, 3.8) is 0 Å². The number of carbonyl (C=O) groups excluding carboxylic acids is 1. The molecule has 2 aliphatic rings. The molecule has 0 saturated carbocycles. The van der Waals surface area contributed by atoms with Gasteiger partial charge in [-0.05, 0) is 47.7 Å². The highest BCUT2D eigenvalue weighted by atomic mass is 35.5. The third-order valence-electron chi connectivity index (χ3n) is 5.25. The van der Waals surface area contributed by atoms with E-state index in [-0.39, 0.29) is 24.1 Å². The Hall–Kier alpha value is -2.18. The summed E-state index contributed by atoms with van der Waals surface area (Å²) in [5, 5.41) is 3.36. The van der Waals surface area contributed by atoms with Crippen LogP contribution in [-0.4, -0.2) is 43.1 Å². The molecular formula is C20H21ClF2N2O2. The molecule has 0 aliphatic carbocycles. The van der Waals surface area contributed by atoms with Crippen LogP contribution < -0.4 is 10.1 Å². The monoisotopic (exact) mass is 394 g/mol. The lowest BCUT2D eigenvalue weighted by Crippen LogP contribution is -2.39. The van der Waals surface area contributed by atoms with Gasteiger partial charge in [0, 0.05) is 31.2 Å². The van der Waals surface area contributed by atoms with Gasteiger partial charge in [-0.25, -0.2) is 0 Å². The number of ether oxygens (including phenoxy) is 1. The summed E-state index contributed by atoms with van der Waals surface area (Å²) in [4.78, 5) is 14.8. The molecule has 4 rings (SSSR count). The zero-order chi connectivity index (χ0) is 18.1. The predicted octanol–water partition coefficient (Wildman–Crippen LogP) is 3.81. The number of hydrogen-bond acceptors (Lipinski definition) is 3. The fourth-order valence-corrected chi connectivity index (χ4v) is 3.90. The molecule has 144 valence electrons. The zero-order valence-electron chi connectivity index (χ0n) is 14.6. The summed E-state index contributed by atoms with van der Waals surface area (Å²) < 4.78 is 28.8. The lowest BCUT2D eigenvalue weighted by atomic mass is 10.0. The van der Waals surface area contributed by atoms with Crippen molar-refractivity contribution in [3.05, 3.63) is 54.1 Å². The number of fused-ring (bicyclic) bond motifs is 1. The van der Waals surface area contributed by atoms with Gasteiger partial charge < -0.3 is 15.0 Å². The molecule has 0 radical (unpaired) electrons. The first-order valence-corrected chi connectivity index (χ1v) is 8.79. The molecule has 2 heterocycles. The molecule has 0 spiro atoms. The highest BCUT2D eigenvalue weighted by Gasteiger charge is 2.39. The van der Waals surface area contributed by atoms with Gasteiger partial charge in [0.2, 0.25) is 0 Å². The van der Waals surface area contributed by atoms with Gasteiger partial charge >= 0.3 is 6.61 Å². The van der Waals surface area contributed by atoms with E-state index < -0.39 is 6.61 Å². The van der Waals surface area contributed by atoms with Gasteiger partial charge in [-0.2, -0.15) is 8.78 Å². The SMILES string of the molecule is Cl.O=C(c1ccc(-c2ccc(OC(F)F)cc2)cc1)N1CC[C@H]2CNC[C@H]21. The van der Waals surface area contributed by atoms with Crippen LogP contribution >= 0.6 is 12.4 Å². The van der Waals surface area contributed by atoms with E-state index in [1.54, 1.807) is 12.1 Å². The number of amides is 1. The standard InChI is InChI=1S/C20H20F2N2O2.ClH/c21-20(22)26-17-7-5-14(6-8-17)13-1-3-15(4-2-13)19(25)24-10-9-16-11-23-12-18(16)24;/h1-8,16,18,20,23H,9-12H2;1H/t16-,18+;/m0./s1. The molecule has 2 aromatic carbocycles. The Balaban J connectivity index is 0.00000210. The number of alkyl halides is 2. The molecule has 2 aliphatic heterocycles. The first kappa shape index (κ1) is 19.6. The van der Waals surface area contributed by atoms with E-state index in [1.165, 1.54) is 12.1 Å². The number of benzene rings is 2. The van der Waals surface area contributed by atoms with Crippen LogP contribution in [0.4, 0.5) is 8.78 Å². The number of rotatable bonds is 4. The van der Waals surface area contributed by atoms with Crippen LogP contribution in [0.1, 0.15) is 16.8 Å². The minimum atomic E-state index is -2.83. The van der Waals surface area contributed by atoms with Crippen LogP contribution in [0.3, 0.4) is 0 Å². The number of carbonyl (C=O) groups is 1. The summed E-state index contributed by atoms with van der Waals surface area (Å²) in [7, 11) is 0. The molecule has 27 heavy (non-hydrogen) atoms. The average Bonchev–Trinajstić information content (AvgIpc) is 3.25. The second-order valence-electron chi connectivity index (χ2n) is 6.75. The fourth-order valence-electron chi connectivity index (χ4n) is 3.90. The molecule has 2 saturated heterocycles. The number of likely N-dealkylation sites (tertiary alicyclic amines) is 1. The average molecular weight is 395 g/mol. The van der Waals surface area contributed by atoms with E-state index in [1.807, 2.05) is 29.2 Å². The number of nitrogens with zero attached hydrogens (tertiary/aromatic N) is 1. The predicted molar refractivity (Wildman–Crippen MR) is 102 cm³/mol. The molecule has 0 aromatic heterocycles. The third-order valence-corrected chi connectivity index (χ3v) is 5.25. The van der Waals surface area contributed by atoms with Crippen molar-refractivity contribution in [2.24, 2.45) is 5.92 Å². The van der Waals surface area contributed by atoms with Gasteiger partial charge in [0.1, 0.15) is 5.75 Å². The summed E-state index contributed by atoms with van der Waals surface area (Å²) in [6.45, 7) is -0.130. The lowest BCUT2D eigenvalue weighted by Gasteiger charge is -2.23. The van der Waals surface area contributed by atoms with Crippen molar-refractivity contribution in [2.75, 3.05) is 19.6 Å². The molecule has 2 aromatic rings. The van der Waals surface area contributed by atoms with E-state index in [4.69, 9.17) is 0 Å². The van der Waals surface area contributed by atoms with Gasteiger partial charge in [0.25, 0.3) is 5.91 Å². The Morgan fingerprint density at radius 2 is 1.67 bits per heavy atom. The Morgan fingerprint density at radius 1 is 1.04 bits per heavy atom. The van der Waals surface area contributed by atoms with Crippen molar-refractivity contribution in [1.82, 2.24) is 10.2 Å². The first-order chi connectivity index (χ1) is 12.6. The maximum absolute atomic E-state index is 12.8. The minimum absolute atomic E-state index is 0. The van der Waals surface area contributed by atoms with Crippen LogP contribution in [-0.2, 0) is 0 Å². The van der Waals surface area contributed by atoms with Crippen LogP contribution in [0, 0.1) is 5.92 Å². The summed E-state index contributed by atoms with van der Waals surface area (Å²) in [5.41, 5.74) is 2.48. The van der Waals surface area contributed by atoms with Crippen LogP contribution in [0.5, 0.6) is 5.75 Å². The molecule has 1 N–H and O–H groups in total. The quantitative estimate of drug-likeness (QED) is 0.857. The number of halogens is 3. The van der Waals surface area contributed by atoms with Gasteiger partial charge in [0.15, 0.2) is 0 Å². The molecule has 0 bridgehead atoms. The third kappa shape index (κ3) is 4.06. The number of hydrogen-bond donors (Lipinski definition) is 1. The minimum Gasteiger partial charge on any atom is -0.435 e. The van der Waals surface area contributed by atoms with E-state index in [0.29, 0.717) is 17.5 Å². The van der Waals surface area contributed by atoms with Crippen molar-refractivity contribution in [2.45, 2.75) is 19.1 Å². The summed E-state index contributed by atoms with van der Waals surface area (Å²) >= 11 is 0. The Morgan fingerprint density at radius 3 is 2.30 bits per heavy atom. The Kier molecular flexibility index (Phi) is 5.97. The smallest absolute Gasteiger partial charge is 0.387 e. The Bertz CT molecular complexity index is 784. The maximum atomic E-state index is 12.8. The molecule has 7 heteroatoms. The van der Waals surface area contributed by atoms with E-state index in [0.717, 1.165) is 37.2 Å². The van der Waals surface area contributed by atoms with Gasteiger partial charge in [-0.15, -0.1) is 12.4 Å². The van der Waals surface area contributed by atoms with E-state index in [2.05, 4.69) is 10.1 Å². The topological polar surface area (TPSA) is 41.6 Å². The Labute approximate surface area is 162 Å². The summed E-state index contributed by atoms with van der Waals surface area (Å²) in [6.07, 6.45) is 1.06. The van der Waals surface area contributed by atoms with Gasteiger partial charge in [-0.3, -0.25) is 4.79 Å². The number of nitrogens with one attached hydrogen (secondary N) is 1. The van der Waals surface area contributed by atoms with Crippen molar-refractivity contribution in [1.29, 1.82) is 0 Å². The lowest BCUT2D eigenvalue weighted by molar-refractivity contribution is -0.0498. The van der Waals surface area contributed by atoms with E-state index >= 15 is 0 Å². The van der Waals surface area contributed by atoms with E-state index in [9.17, 15) is 13.6 Å². The molecule has 2 atom stereocenters. The highest BCUT2D eigenvalue weighted by Crippen LogP contribution is 2.29. The first-order valence-electron chi connectivity index (χ1n) is 8.79. The fraction of sp³-hybridized carbons (Fsp3) is 0.350. The van der Waals surface area contributed by atoms with Gasteiger partial charge in [-0.1, -0.05) is 24.3 Å². The molecule has 0 unspecified atom stereocenters. The van der Waals surface area contributed by atoms with Crippen molar-refractivity contribution < 1.29 is 18.3 Å². The highest BCUT2D eigenvalue weighted by molar-refractivity contribution is 5.95. The molecule has 1 amide bonds. The molecular weight excluding hydrogens is 374 g/mol. The van der Waals surface area contributed by atoms with Crippen LogP contribution in [0.15, 0.2) is 48.5 Å². The second kappa shape index (κ2) is 8.23. The second-order valence-corrected chi connectivity index (χ2v) is 6.75. The molecule has 4 nitrogen and oxygen atoms in total. The van der Waals surface area contributed by atoms with Crippen molar-refractivity contribution in [3.8, 4) is 16.9 Å². The van der Waals surface area contributed by atoms with Crippen LogP contribution in [0.25, 0.3) is 11.1 Å². The summed E-state index contributed by atoms with van der Waals surface area (Å²) in [6, 6.07) is 14.2. The summed E-state index contributed by atoms with van der Waals surface area (Å²) in [5.74, 6) is 0.782. The molecule has 2 fully saturated rings.